The second-order valence-electron chi connectivity index (χ2n) is 6.61. The zero-order valence-electron chi connectivity index (χ0n) is 16.8. The van der Waals surface area contributed by atoms with Crippen LogP contribution < -0.4 is 10.1 Å². The summed E-state index contributed by atoms with van der Waals surface area (Å²) in [5.74, 6) is -1.000. The summed E-state index contributed by atoms with van der Waals surface area (Å²) in [4.78, 5) is 24.2. The number of amides is 1. The number of hydrogen-bond acceptors (Lipinski definition) is 7. The Labute approximate surface area is 197 Å². The molecule has 0 aliphatic rings. The Bertz CT molecular complexity index is 990. The van der Waals surface area contributed by atoms with E-state index in [-0.39, 0.29) is 23.7 Å². The van der Waals surface area contributed by atoms with Gasteiger partial charge in [0.15, 0.2) is 19.6 Å². The lowest BCUT2D eigenvalue weighted by Crippen LogP contribution is -2.39. The zero-order chi connectivity index (χ0) is 23.3. The fraction of sp³-hybridized carbons (Fsp3) is 0.300. The van der Waals surface area contributed by atoms with Gasteiger partial charge in [0.25, 0.3) is 5.91 Å². The minimum Gasteiger partial charge on any atom is -0.507 e. The molecule has 166 valence electrons. The molecule has 8 nitrogen and oxygen atoms in total. The first-order valence-electron chi connectivity index (χ1n) is 9.05. The average molecular weight is 577 g/mol. The van der Waals surface area contributed by atoms with Gasteiger partial charge in [0.05, 0.1) is 21.1 Å². The molecule has 0 radical (unpaired) electrons. The molecule has 0 saturated carbocycles. The van der Waals surface area contributed by atoms with Crippen LogP contribution >= 0.6 is 40.3 Å². The monoisotopic (exact) mass is 575 g/mol. The lowest BCUT2D eigenvalue weighted by molar-refractivity contribution is -0.144. The van der Waals surface area contributed by atoms with Gasteiger partial charge in [-0.1, -0.05) is 0 Å². The first-order valence-corrected chi connectivity index (χ1v) is 11.4. The van der Waals surface area contributed by atoms with E-state index in [2.05, 4.69) is 37.2 Å². The molecule has 0 aliphatic carbocycles. The van der Waals surface area contributed by atoms with Crippen molar-refractivity contribution in [2.24, 2.45) is 0 Å². The van der Waals surface area contributed by atoms with Crippen molar-refractivity contribution < 1.29 is 33.8 Å². The maximum Gasteiger partial charge on any atom is 0.328 e. The number of rotatable bonds is 8. The number of aliphatic hydroxyl groups is 1. The predicted octanol–water partition coefficient (Wildman–Crippen LogP) is 4.85. The number of nitrogens with one attached hydrogen (secondary N) is 1. The van der Waals surface area contributed by atoms with E-state index >= 15 is 0 Å². The molecular formula is C20H20Br2NO7P. The van der Waals surface area contributed by atoms with Gasteiger partial charge in [0.2, 0.25) is 0 Å². The van der Waals surface area contributed by atoms with Crippen molar-refractivity contribution in [3.8, 4) is 17.2 Å². The van der Waals surface area contributed by atoms with Crippen molar-refractivity contribution in [2.75, 3.05) is 6.61 Å². The highest BCUT2D eigenvalue weighted by atomic mass is 79.9. The number of phenolic OH excluding ortho intramolecular Hbond substituents is 1. The van der Waals surface area contributed by atoms with Crippen LogP contribution in [0.1, 0.15) is 36.7 Å². The summed E-state index contributed by atoms with van der Waals surface area (Å²) in [5, 5.41) is 21.1. The minimum absolute atomic E-state index is 0.0920. The normalized spacial score (nSPS) is 13.9. The van der Waals surface area contributed by atoms with Crippen LogP contribution in [-0.2, 0) is 19.4 Å². The fourth-order valence-electron chi connectivity index (χ4n) is 2.46. The number of halogens is 2. The molecule has 2 aromatic rings. The Balaban J connectivity index is 2.29. The van der Waals surface area contributed by atoms with Crippen LogP contribution in [0, 0.1) is 0 Å². The number of ether oxygens (including phenoxy) is 2. The molecule has 0 aromatic heterocycles. The first-order chi connectivity index (χ1) is 14.5. The van der Waals surface area contributed by atoms with Crippen LogP contribution in [0.15, 0.2) is 39.3 Å². The van der Waals surface area contributed by atoms with E-state index in [0.29, 0.717) is 20.3 Å². The Hall–Kier alpha value is -2.00. The molecule has 2 aromatic carbocycles. The molecule has 3 N–H and O–H groups in total. The summed E-state index contributed by atoms with van der Waals surface area (Å²) in [6.07, 6.45) is 0. The average Bonchev–Trinajstić information content (AvgIpc) is 2.71. The summed E-state index contributed by atoms with van der Waals surface area (Å²) in [6, 6.07) is 6.28. The van der Waals surface area contributed by atoms with Gasteiger partial charge in [-0.2, -0.15) is 0 Å². The van der Waals surface area contributed by atoms with Gasteiger partial charge in [-0.25, -0.2) is 4.79 Å². The number of carbonyl (C=O) groups excluding carboxylic acids is 2. The Kier molecular flexibility index (Phi) is 8.59. The molecule has 0 aliphatic heterocycles. The smallest absolute Gasteiger partial charge is 0.328 e. The standard InChI is InChI=1S/C20H20Br2NO7P/c1-4-29-19(26)10(2)23-18(25)13-9-12(5-6-16(13)24)30-17-14(21)7-11(8-15(17)22)20(3,27)31-28/h5-10,24,27H,4H2,1-3H3,(H,23,25). The summed E-state index contributed by atoms with van der Waals surface area (Å²) in [5.41, 5.74) is 0.291. The number of phenols is 1. The van der Waals surface area contributed by atoms with E-state index in [1.807, 2.05) is 0 Å². The Morgan fingerprint density at radius 3 is 2.39 bits per heavy atom. The molecular weight excluding hydrogens is 557 g/mol. The van der Waals surface area contributed by atoms with Crippen LogP contribution in [0.2, 0.25) is 0 Å². The highest BCUT2D eigenvalue weighted by Gasteiger charge is 2.26. The SMILES string of the molecule is CCOC(=O)C(C)NC(=O)c1cc(Oc2c(Br)cc(C(C)(O)P=O)cc2Br)ccc1O. The largest absolute Gasteiger partial charge is 0.507 e. The molecule has 0 spiro atoms. The van der Waals surface area contributed by atoms with Crippen LogP contribution in [0.25, 0.3) is 0 Å². The first kappa shape index (κ1) is 25.3. The van der Waals surface area contributed by atoms with E-state index in [4.69, 9.17) is 9.47 Å². The molecule has 2 unspecified atom stereocenters. The molecule has 0 fully saturated rings. The van der Waals surface area contributed by atoms with Crippen molar-refractivity contribution in [2.45, 2.75) is 32.2 Å². The number of esters is 1. The van der Waals surface area contributed by atoms with Crippen molar-refractivity contribution in [1.29, 1.82) is 0 Å². The minimum atomic E-state index is -1.58. The van der Waals surface area contributed by atoms with Gasteiger partial charge < -0.3 is 25.0 Å². The van der Waals surface area contributed by atoms with Crippen LogP contribution in [0.5, 0.6) is 17.2 Å². The maximum atomic E-state index is 12.5. The van der Waals surface area contributed by atoms with Gasteiger partial charge in [0.1, 0.15) is 17.5 Å². The number of benzene rings is 2. The predicted molar refractivity (Wildman–Crippen MR) is 121 cm³/mol. The summed E-state index contributed by atoms with van der Waals surface area (Å²) >= 11 is 6.70. The molecule has 31 heavy (non-hydrogen) atoms. The Morgan fingerprint density at radius 1 is 1.23 bits per heavy atom. The summed E-state index contributed by atoms with van der Waals surface area (Å²) in [7, 11) is -0.463. The van der Waals surface area contributed by atoms with E-state index in [1.54, 1.807) is 19.1 Å². The van der Waals surface area contributed by atoms with Crippen LogP contribution in [0.4, 0.5) is 0 Å². The van der Waals surface area contributed by atoms with Crippen molar-refractivity contribution in [1.82, 2.24) is 5.32 Å². The lowest BCUT2D eigenvalue weighted by Gasteiger charge is -2.18. The molecule has 0 heterocycles. The third kappa shape index (κ3) is 6.26. The molecule has 0 saturated heterocycles. The molecule has 1 amide bonds. The quantitative estimate of drug-likeness (QED) is 0.303. The lowest BCUT2D eigenvalue weighted by atomic mass is 10.1. The van der Waals surface area contributed by atoms with Crippen LogP contribution in [-0.4, -0.2) is 34.7 Å². The maximum absolute atomic E-state index is 12.5. The van der Waals surface area contributed by atoms with E-state index in [1.165, 1.54) is 32.0 Å². The van der Waals surface area contributed by atoms with Crippen molar-refractivity contribution in [3.63, 3.8) is 0 Å². The summed E-state index contributed by atoms with van der Waals surface area (Å²) < 4.78 is 22.8. The van der Waals surface area contributed by atoms with Gasteiger partial charge in [-0.15, -0.1) is 0 Å². The van der Waals surface area contributed by atoms with Crippen molar-refractivity contribution in [3.05, 3.63) is 50.4 Å². The highest BCUT2D eigenvalue weighted by molar-refractivity contribution is 9.11. The van der Waals surface area contributed by atoms with E-state index < -0.39 is 31.7 Å². The van der Waals surface area contributed by atoms with Gasteiger partial charge in [0, 0.05) is 0 Å². The second kappa shape index (κ2) is 10.5. The second-order valence-corrected chi connectivity index (χ2v) is 9.37. The number of aromatic hydroxyl groups is 1. The topological polar surface area (TPSA) is 122 Å². The molecule has 2 rings (SSSR count). The molecule has 11 heteroatoms. The third-order valence-electron chi connectivity index (χ3n) is 4.14. The van der Waals surface area contributed by atoms with Crippen molar-refractivity contribution >= 4 is 52.2 Å². The van der Waals surface area contributed by atoms with E-state index in [0.717, 1.165) is 0 Å². The molecule has 2 atom stereocenters. The van der Waals surface area contributed by atoms with Crippen LogP contribution in [0.3, 0.4) is 0 Å². The highest BCUT2D eigenvalue weighted by Crippen LogP contribution is 2.42. The Morgan fingerprint density at radius 2 is 1.84 bits per heavy atom. The van der Waals surface area contributed by atoms with Gasteiger partial charge >= 0.3 is 5.97 Å². The summed E-state index contributed by atoms with van der Waals surface area (Å²) in [6.45, 7) is 4.71. The number of hydrogen-bond donors (Lipinski definition) is 3. The van der Waals surface area contributed by atoms with Gasteiger partial charge in [-0.3, -0.25) is 9.36 Å². The van der Waals surface area contributed by atoms with Gasteiger partial charge in [-0.05, 0) is 88.5 Å². The zero-order valence-corrected chi connectivity index (χ0v) is 20.9. The number of carbonyl (C=O) groups is 2. The fourth-order valence-corrected chi connectivity index (χ4v) is 4.05. The van der Waals surface area contributed by atoms with E-state index in [9.17, 15) is 24.4 Å². The molecule has 0 bridgehead atoms. The third-order valence-corrected chi connectivity index (χ3v) is 5.94.